The van der Waals surface area contributed by atoms with Crippen LogP contribution in [0.4, 0.5) is 11.4 Å². The standard InChI is InChI=1S/C19H27N3O4S/c1-27(24,25)21-7-4-15(5-8-21)19(23)22-9-6-16-14-17(2-3-18(16)22)20-10-12-26-13-11-20/h2-3,14-15H,4-13H2,1H3. The zero-order valence-corrected chi connectivity index (χ0v) is 16.6. The number of rotatable bonds is 3. The van der Waals surface area contributed by atoms with Gasteiger partial charge in [-0.15, -0.1) is 0 Å². The van der Waals surface area contributed by atoms with E-state index < -0.39 is 10.0 Å². The van der Waals surface area contributed by atoms with Gasteiger partial charge in [-0.25, -0.2) is 12.7 Å². The van der Waals surface area contributed by atoms with Crippen molar-refractivity contribution >= 4 is 27.3 Å². The first kappa shape index (κ1) is 18.7. The van der Waals surface area contributed by atoms with Crippen molar-refractivity contribution in [1.82, 2.24) is 4.31 Å². The van der Waals surface area contributed by atoms with E-state index in [-0.39, 0.29) is 11.8 Å². The van der Waals surface area contributed by atoms with Crippen molar-refractivity contribution in [2.24, 2.45) is 5.92 Å². The predicted molar refractivity (Wildman–Crippen MR) is 105 cm³/mol. The lowest BCUT2D eigenvalue weighted by Gasteiger charge is -2.32. The van der Waals surface area contributed by atoms with Crippen LogP contribution >= 0.6 is 0 Å². The van der Waals surface area contributed by atoms with Crippen molar-refractivity contribution < 1.29 is 17.9 Å². The van der Waals surface area contributed by atoms with Gasteiger partial charge in [-0.1, -0.05) is 0 Å². The average molecular weight is 394 g/mol. The maximum Gasteiger partial charge on any atom is 0.230 e. The lowest BCUT2D eigenvalue weighted by Crippen LogP contribution is -2.43. The number of carbonyl (C=O) groups excluding carboxylic acids is 1. The van der Waals surface area contributed by atoms with Gasteiger partial charge in [-0.3, -0.25) is 4.79 Å². The molecule has 0 saturated carbocycles. The van der Waals surface area contributed by atoms with Gasteiger partial charge >= 0.3 is 0 Å². The molecule has 8 heteroatoms. The fraction of sp³-hybridized carbons (Fsp3) is 0.632. The normalized spacial score (nSPS) is 22.1. The van der Waals surface area contributed by atoms with Gasteiger partial charge in [0.2, 0.25) is 15.9 Å². The maximum absolute atomic E-state index is 13.0. The van der Waals surface area contributed by atoms with Crippen molar-refractivity contribution in [3.63, 3.8) is 0 Å². The Hall–Kier alpha value is -1.64. The van der Waals surface area contributed by atoms with Crippen LogP contribution in [-0.2, 0) is 26.0 Å². The second-order valence-corrected chi connectivity index (χ2v) is 9.57. The Morgan fingerprint density at radius 2 is 1.78 bits per heavy atom. The summed E-state index contributed by atoms with van der Waals surface area (Å²) in [5.74, 6) is 0.0499. The molecule has 27 heavy (non-hydrogen) atoms. The molecule has 0 spiro atoms. The van der Waals surface area contributed by atoms with Crippen molar-refractivity contribution in [3.05, 3.63) is 23.8 Å². The summed E-state index contributed by atoms with van der Waals surface area (Å²) in [6.07, 6.45) is 3.31. The Labute approximate surface area is 160 Å². The zero-order valence-electron chi connectivity index (χ0n) is 15.8. The first-order valence-electron chi connectivity index (χ1n) is 9.65. The number of sulfonamides is 1. The van der Waals surface area contributed by atoms with E-state index in [1.807, 2.05) is 4.90 Å². The number of ether oxygens (including phenoxy) is 1. The molecule has 3 heterocycles. The van der Waals surface area contributed by atoms with Gasteiger partial charge in [-0.05, 0) is 43.0 Å². The van der Waals surface area contributed by atoms with Crippen molar-refractivity contribution in [2.75, 3.05) is 62.0 Å². The van der Waals surface area contributed by atoms with E-state index in [1.165, 1.54) is 21.8 Å². The molecule has 0 N–H and O–H groups in total. The lowest BCUT2D eigenvalue weighted by molar-refractivity contribution is -0.123. The SMILES string of the molecule is CS(=O)(=O)N1CCC(C(=O)N2CCc3cc(N4CCOCC4)ccc32)CC1. The molecule has 7 nitrogen and oxygen atoms in total. The molecule has 2 fully saturated rings. The van der Waals surface area contributed by atoms with Gasteiger partial charge in [-0.2, -0.15) is 0 Å². The van der Waals surface area contributed by atoms with Crippen LogP contribution < -0.4 is 9.80 Å². The fourth-order valence-electron chi connectivity index (χ4n) is 4.29. The van der Waals surface area contributed by atoms with Gasteiger partial charge in [0.25, 0.3) is 0 Å². The van der Waals surface area contributed by atoms with E-state index in [4.69, 9.17) is 4.74 Å². The Balaban J connectivity index is 1.44. The molecule has 148 valence electrons. The third-order valence-corrected chi connectivity index (χ3v) is 7.18. The van der Waals surface area contributed by atoms with E-state index in [2.05, 4.69) is 23.1 Å². The highest BCUT2D eigenvalue weighted by Crippen LogP contribution is 2.34. The van der Waals surface area contributed by atoms with Crippen molar-refractivity contribution in [2.45, 2.75) is 19.3 Å². The van der Waals surface area contributed by atoms with Gasteiger partial charge in [0.15, 0.2) is 0 Å². The van der Waals surface area contributed by atoms with Crippen LogP contribution in [0, 0.1) is 5.92 Å². The molecule has 4 rings (SSSR count). The summed E-state index contributed by atoms with van der Waals surface area (Å²) in [6.45, 7) is 4.91. The minimum absolute atomic E-state index is 0.0899. The van der Waals surface area contributed by atoms with Crippen LogP contribution in [-0.4, -0.2) is 70.8 Å². The number of benzene rings is 1. The van der Waals surface area contributed by atoms with Gasteiger partial charge < -0.3 is 14.5 Å². The Morgan fingerprint density at radius 1 is 1.07 bits per heavy atom. The van der Waals surface area contributed by atoms with Gasteiger partial charge in [0.05, 0.1) is 19.5 Å². The number of hydrogen-bond acceptors (Lipinski definition) is 5. The molecular formula is C19H27N3O4S. The van der Waals surface area contributed by atoms with E-state index in [0.717, 1.165) is 38.4 Å². The number of piperidine rings is 1. The van der Waals surface area contributed by atoms with E-state index in [0.29, 0.717) is 32.5 Å². The highest BCUT2D eigenvalue weighted by molar-refractivity contribution is 7.88. The number of morpholine rings is 1. The van der Waals surface area contributed by atoms with Crippen molar-refractivity contribution in [3.8, 4) is 0 Å². The number of nitrogens with zero attached hydrogens (tertiary/aromatic N) is 3. The minimum atomic E-state index is -3.16. The third kappa shape index (κ3) is 3.83. The highest BCUT2D eigenvalue weighted by atomic mass is 32.2. The summed E-state index contributed by atoms with van der Waals surface area (Å²) in [6, 6.07) is 6.37. The van der Waals surface area contributed by atoms with Gasteiger partial charge in [0.1, 0.15) is 0 Å². The second-order valence-electron chi connectivity index (χ2n) is 7.59. The fourth-order valence-corrected chi connectivity index (χ4v) is 5.16. The van der Waals surface area contributed by atoms with E-state index >= 15 is 0 Å². The smallest absolute Gasteiger partial charge is 0.230 e. The van der Waals surface area contributed by atoms with Crippen molar-refractivity contribution in [1.29, 1.82) is 0 Å². The Bertz CT molecular complexity index is 812. The molecule has 3 aliphatic rings. The summed E-state index contributed by atoms with van der Waals surface area (Å²) in [7, 11) is -3.16. The topological polar surface area (TPSA) is 70.2 Å². The van der Waals surface area contributed by atoms with Crippen LogP contribution in [0.5, 0.6) is 0 Å². The Morgan fingerprint density at radius 3 is 2.44 bits per heavy atom. The summed E-state index contributed by atoms with van der Waals surface area (Å²) in [5, 5.41) is 0. The first-order valence-corrected chi connectivity index (χ1v) is 11.5. The van der Waals surface area contributed by atoms with Crippen LogP contribution in [0.3, 0.4) is 0 Å². The molecule has 1 amide bonds. The summed E-state index contributed by atoms with van der Waals surface area (Å²) in [5.41, 5.74) is 3.44. The lowest BCUT2D eigenvalue weighted by atomic mass is 9.96. The van der Waals surface area contributed by atoms with E-state index in [1.54, 1.807) is 0 Å². The largest absolute Gasteiger partial charge is 0.378 e. The zero-order chi connectivity index (χ0) is 19.0. The first-order chi connectivity index (χ1) is 12.9. The van der Waals surface area contributed by atoms with E-state index in [9.17, 15) is 13.2 Å². The summed E-state index contributed by atoms with van der Waals surface area (Å²) >= 11 is 0. The van der Waals surface area contributed by atoms with Crippen LogP contribution in [0.25, 0.3) is 0 Å². The third-order valence-electron chi connectivity index (χ3n) is 5.87. The monoisotopic (exact) mass is 393 g/mol. The second kappa shape index (κ2) is 7.41. The maximum atomic E-state index is 13.0. The molecule has 1 aromatic carbocycles. The van der Waals surface area contributed by atoms with Gasteiger partial charge in [0, 0.05) is 50.0 Å². The number of fused-ring (bicyclic) bond motifs is 1. The van der Waals surface area contributed by atoms with Crippen LogP contribution in [0.2, 0.25) is 0 Å². The molecule has 0 atom stereocenters. The summed E-state index contributed by atoms with van der Waals surface area (Å²) < 4.78 is 30.2. The number of anilines is 2. The van der Waals surface area contributed by atoms with Crippen LogP contribution in [0.15, 0.2) is 18.2 Å². The summed E-state index contributed by atoms with van der Waals surface area (Å²) in [4.78, 5) is 17.3. The molecule has 3 aliphatic heterocycles. The Kier molecular flexibility index (Phi) is 5.13. The average Bonchev–Trinajstić information content (AvgIpc) is 3.11. The number of hydrogen-bond donors (Lipinski definition) is 0. The molecule has 0 bridgehead atoms. The minimum Gasteiger partial charge on any atom is -0.378 e. The quantitative estimate of drug-likeness (QED) is 0.769. The molecule has 0 aliphatic carbocycles. The molecule has 1 aromatic rings. The number of amides is 1. The van der Waals surface area contributed by atoms with Crippen LogP contribution in [0.1, 0.15) is 18.4 Å². The number of carbonyl (C=O) groups is 1. The highest BCUT2D eigenvalue weighted by Gasteiger charge is 2.34. The predicted octanol–water partition coefficient (Wildman–Crippen LogP) is 1.08. The molecule has 0 radical (unpaired) electrons. The molecule has 0 unspecified atom stereocenters. The molecule has 2 saturated heterocycles. The molecular weight excluding hydrogens is 366 g/mol. The molecule has 0 aromatic heterocycles.